The van der Waals surface area contributed by atoms with Crippen LogP contribution in [0, 0.1) is 0 Å². The lowest BCUT2D eigenvalue weighted by Crippen LogP contribution is -2.25. The van der Waals surface area contributed by atoms with Crippen molar-refractivity contribution in [2.75, 3.05) is 0 Å². The number of hydrogen-bond acceptors (Lipinski definition) is 3. The minimum absolute atomic E-state index is 0.348. The van der Waals surface area contributed by atoms with Gasteiger partial charge in [-0.25, -0.2) is 5.43 Å². The third kappa shape index (κ3) is 4.04. The number of halogens is 2. The van der Waals surface area contributed by atoms with E-state index in [2.05, 4.69) is 10.5 Å². The summed E-state index contributed by atoms with van der Waals surface area (Å²) in [4.78, 5) is 11.8. The summed E-state index contributed by atoms with van der Waals surface area (Å²) < 4.78 is 0. The Kier molecular flexibility index (Phi) is 5.33. The molecule has 0 saturated carbocycles. The number of amides is 1. The molecule has 2 N–H and O–H groups in total. The van der Waals surface area contributed by atoms with Gasteiger partial charge in [0.25, 0.3) is 5.91 Å². The van der Waals surface area contributed by atoms with Gasteiger partial charge in [-0.3, -0.25) is 4.79 Å². The molecular weight excluding hydrogens is 311 g/mol. The average Bonchev–Trinajstić information content (AvgIpc) is 2.51. The Hall–Kier alpha value is -1.88. The number of nitrogens with one attached hydrogen (secondary N) is 1. The van der Waals surface area contributed by atoms with Crippen LogP contribution in [0.1, 0.15) is 17.2 Å². The van der Waals surface area contributed by atoms with Crippen molar-refractivity contribution in [3.8, 4) is 0 Å². The molecule has 0 spiro atoms. The van der Waals surface area contributed by atoms with Gasteiger partial charge in [-0.15, -0.1) is 0 Å². The van der Waals surface area contributed by atoms with Crippen LogP contribution in [0.25, 0.3) is 0 Å². The van der Waals surface area contributed by atoms with Gasteiger partial charge in [-0.05, 0) is 11.6 Å². The number of hydrogen-bond donors (Lipinski definition) is 2. The second-order valence-corrected chi connectivity index (χ2v) is 4.98. The average molecular weight is 323 g/mol. The Morgan fingerprint density at radius 2 is 1.86 bits per heavy atom. The fourth-order valence-corrected chi connectivity index (χ4v) is 1.99. The van der Waals surface area contributed by atoms with Crippen molar-refractivity contribution >= 4 is 35.3 Å². The topological polar surface area (TPSA) is 61.7 Å². The van der Waals surface area contributed by atoms with E-state index in [1.54, 1.807) is 48.5 Å². The Morgan fingerprint density at radius 1 is 1.14 bits per heavy atom. The fourth-order valence-electron chi connectivity index (χ4n) is 1.63. The van der Waals surface area contributed by atoms with Crippen molar-refractivity contribution in [1.29, 1.82) is 0 Å². The molecule has 0 radical (unpaired) electrons. The first-order valence-electron chi connectivity index (χ1n) is 6.09. The van der Waals surface area contributed by atoms with E-state index >= 15 is 0 Å². The molecule has 0 aliphatic rings. The smallest absolute Gasteiger partial charge is 0.273 e. The zero-order valence-corrected chi connectivity index (χ0v) is 12.3. The van der Waals surface area contributed by atoms with Crippen LogP contribution in [0.5, 0.6) is 0 Å². The van der Waals surface area contributed by atoms with E-state index < -0.39 is 12.0 Å². The molecule has 0 aromatic heterocycles. The van der Waals surface area contributed by atoms with Gasteiger partial charge in [0.1, 0.15) is 0 Å². The summed E-state index contributed by atoms with van der Waals surface area (Å²) in [5.74, 6) is -0.629. The molecular formula is C15H12Cl2N2O2. The zero-order valence-electron chi connectivity index (χ0n) is 10.8. The van der Waals surface area contributed by atoms with Crippen LogP contribution >= 0.6 is 23.2 Å². The van der Waals surface area contributed by atoms with Crippen LogP contribution in [-0.2, 0) is 4.79 Å². The van der Waals surface area contributed by atoms with Gasteiger partial charge >= 0.3 is 0 Å². The van der Waals surface area contributed by atoms with Crippen LogP contribution in [-0.4, -0.2) is 17.2 Å². The van der Waals surface area contributed by atoms with E-state index in [0.717, 1.165) is 0 Å². The highest BCUT2D eigenvalue weighted by Gasteiger charge is 2.15. The predicted molar refractivity (Wildman–Crippen MR) is 83.6 cm³/mol. The van der Waals surface area contributed by atoms with E-state index in [9.17, 15) is 9.90 Å². The zero-order chi connectivity index (χ0) is 15.2. The van der Waals surface area contributed by atoms with Crippen molar-refractivity contribution in [2.45, 2.75) is 6.10 Å². The minimum Gasteiger partial charge on any atom is -0.378 e. The van der Waals surface area contributed by atoms with E-state index in [1.165, 1.54) is 6.21 Å². The molecule has 0 fully saturated rings. The summed E-state index contributed by atoms with van der Waals surface area (Å²) in [6, 6.07) is 13.7. The molecule has 2 rings (SSSR count). The Morgan fingerprint density at radius 3 is 2.57 bits per heavy atom. The van der Waals surface area contributed by atoms with Gasteiger partial charge in [0.15, 0.2) is 6.10 Å². The summed E-state index contributed by atoms with van der Waals surface area (Å²) in [5, 5.41) is 14.4. The van der Waals surface area contributed by atoms with E-state index in [4.69, 9.17) is 23.2 Å². The number of rotatable bonds is 4. The maximum Gasteiger partial charge on any atom is 0.273 e. The highest BCUT2D eigenvalue weighted by Crippen LogP contribution is 2.24. The van der Waals surface area contributed by atoms with E-state index in [-0.39, 0.29) is 0 Å². The molecule has 0 aliphatic carbocycles. The fraction of sp³-hybridized carbons (Fsp3) is 0.0667. The molecule has 0 heterocycles. The lowest BCUT2D eigenvalue weighted by Gasteiger charge is -2.08. The van der Waals surface area contributed by atoms with E-state index in [0.29, 0.717) is 21.2 Å². The minimum atomic E-state index is -1.28. The van der Waals surface area contributed by atoms with Crippen LogP contribution < -0.4 is 5.43 Å². The van der Waals surface area contributed by atoms with Gasteiger partial charge in [0, 0.05) is 5.56 Å². The maximum absolute atomic E-state index is 11.8. The van der Waals surface area contributed by atoms with Crippen LogP contribution in [0.3, 0.4) is 0 Å². The molecule has 21 heavy (non-hydrogen) atoms. The first-order chi connectivity index (χ1) is 10.1. The standard InChI is InChI=1S/C15H12Cl2N2O2/c16-12-8-4-7-11(13(12)17)9-18-19-15(21)14(20)10-5-2-1-3-6-10/h1-9,14,20H,(H,19,21). The number of carbonyl (C=O) groups excluding carboxylic acids is 1. The van der Waals surface area contributed by atoms with Crippen molar-refractivity contribution in [1.82, 2.24) is 5.43 Å². The molecule has 2 aromatic rings. The van der Waals surface area contributed by atoms with Gasteiger partial charge in [0.05, 0.1) is 16.3 Å². The SMILES string of the molecule is O=C(NN=Cc1cccc(Cl)c1Cl)C(O)c1ccccc1. The Labute approximate surface area is 132 Å². The molecule has 1 unspecified atom stereocenters. The number of nitrogens with zero attached hydrogens (tertiary/aromatic N) is 1. The Bertz CT molecular complexity index is 660. The van der Waals surface area contributed by atoms with Crippen LogP contribution in [0.4, 0.5) is 0 Å². The van der Waals surface area contributed by atoms with Gasteiger partial charge in [-0.2, -0.15) is 5.10 Å². The summed E-state index contributed by atoms with van der Waals surface area (Å²) in [6.07, 6.45) is 0.0854. The normalized spacial score (nSPS) is 12.3. The third-order valence-electron chi connectivity index (χ3n) is 2.72. The van der Waals surface area contributed by atoms with Crippen molar-refractivity contribution in [3.05, 3.63) is 69.7 Å². The number of aliphatic hydroxyl groups is 1. The number of benzene rings is 2. The van der Waals surface area contributed by atoms with Crippen molar-refractivity contribution < 1.29 is 9.90 Å². The summed E-state index contributed by atoms with van der Waals surface area (Å²) >= 11 is 11.8. The molecule has 1 atom stereocenters. The molecule has 0 bridgehead atoms. The maximum atomic E-state index is 11.8. The van der Waals surface area contributed by atoms with Gasteiger partial charge in [-0.1, -0.05) is 65.7 Å². The Balaban J connectivity index is 2.01. The summed E-state index contributed by atoms with van der Waals surface area (Å²) in [5.41, 5.74) is 3.31. The lowest BCUT2D eigenvalue weighted by molar-refractivity contribution is -0.129. The highest BCUT2D eigenvalue weighted by molar-refractivity contribution is 6.43. The van der Waals surface area contributed by atoms with Crippen LogP contribution in [0.15, 0.2) is 53.6 Å². The van der Waals surface area contributed by atoms with Crippen molar-refractivity contribution in [2.24, 2.45) is 5.10 Å². The first-order valence-corrected chi connectivity index (χ1v) is 6.85. The summed E-state index contributed by atoms with van der Waals surface area (Å²) in [6.45, 7) is 0. The first kappa shape index (κ1) is 15.5. The number of carbonyl (C=O) groups is 1. The molecule has 1 amide bonds. The molecule has 108 valence electrons. The number of hydrazone groups is 1. The highest BCUT2D eigenvalue weighted by atomic mass is 35.5. The third-order valence-corrected chi connectivity index (χ3v) is 3.56. The second kappa shape index (κ2) is 7.22. The molecule has 4 nitrogen and oxygen atoms in total. The van der Waals surface area contributed by atoms with Gasteiger partial charge < -0.3 is 5.11 Å². The largest absolute Gasteiger partial charge is 0.378 e. The van der Waals surface area contributed by atoms with Gasteiger partial charge in [0.2, 0.25) is 0 Å². The summed E-state index contributed by atoms with van der Waals surface area (Å²) in [7, 11) is 0. The van der Waals surface area contributed by atoms with Crippen molar-refractivity contribution in [3.63, 3.8) is 0 Å². The molecule has 0 aliphatic heterocycles. The molecule has 6 heteroatoms. The predicted octanol–water partition coefficient (Wildman–Crippen LogP) is 3.18. The molecule has 2 aromatic carbocycles. The number of aliphatic hydroxyl groups excluding tert-OH is 1. The second-order valence-electron chi connectivity index (χ2n) is 4.19. The van der Waals surface area contributed by atoms with Crippen LogP contribution in [0.2, 0.25) is 10.0 Å². The van der Waals surface area contributed by atoms with E-state index in [1.807, 2.05) is 0 Å². The monoisotopic (exact) mass is 322 g/mol. The molecule has 0 saturated heterocycles. The quantitative estimate of drug-likeness (QED) is 0.670. The lowest BCUT2D eigenvalue weighted by atomic mass is 10.1.